The number of aryl methyl sites for hydroxylation is 1. The van der Waals surface area contributed by atoms with Crippen LogP contribution >= 0.6 is 0 Å². The number of aromatic nitrogens is 2. The average Bonchev–Trinajstić information content (AvgIpc) is 3.24. The maximum Gasteiger partial charge on any atom is 0.414 e. The summed E-state index contributed by atoms with van der Waals surface area (Å²) in [7, 11) is 1.51. The topological polar surface area (TPSA) is 115 Å². The molecule has 182 valence electrons. The largest absolute Gasteiger partial charge is 0.482 e. The van der Waals surface area contributed by atoms with Crippen molar-refractivity contribution < 1.29 is 28.2 Å². The van der Waals surface area contributed by atoms with Crippen molar-refractivity contribution in [3.63, 3.8) is 0 Å². The predicted octanol–water partition coefficient (Wildman–Crippen LogP) is 2.66. The van der Waals surface area contributed by atoms with Crippen LogP contribution in [0, 0.1) is 5.82 Å². The molecule has 1 saturated heterocycles. The third-order valence-corrected chi connectivity index (χ3v) is 5.88. The zero-order valence-electron chi connectivity index (χ0n) is 19.0. The fourth-order valence-corrected chi connectivity index (χ4v) is 4.16. The standard InChI is InChI=1S/C24H24FN5O5/c1-33-22-7-5-18-23(29-22)16(17(25)11-27-18)3-2-8-26-10-15-12-30(24(32)35-15)14-4-6-20-19(9-14)28-21(31)13-34-20/h4-7,9,11,15,26H,2-3,8,10,12-13H2,1H3,(H,28,31). The fraction of sp³-hybridized carbons (Fsp3) is 0.333. The first-order chi connectivity index (χ1) is 17.0. The molecule has 2 N–H and O–H groups in total. The summed E-state index contributed by atoms with van der Waals surface area (Å²) in [6, 6.07) is 8.62. The molecule has 0 saturated carbocycles. The smallest absolute Gasteiger partial charge is 0.414 e. The molecule has 2 amide bonds. The molecule has 0 radical (unpaired) electrons. The number of amides is 2. The van der Waals surface area contributed by atoms with Gasteiger partial charge in [-0.1, -0.05) is 0 Å². The van der Waals surface area contributed by atoms with Crippen molar-refractivity contribution in [2.75, 3.05) is 43.6 Å². The lowest BCUT2D eigenvalue weighted by Gasteiger charge is -2.20. The molecule has 1 unspecified atom stereocenters. The van der Waals surface area contributed by atoms with Gasteiger partial charge in [-0.05, 0) is 43.7 Å². The summed E-state index contributed by atoms with van der Waals surface area (Å²) in [5, 5.41) is 6.01. The normalized spacial score (nSPS) is 17.1. The van der Waals surface area contributed by atoms with E-state index in [9.17, 15) is 14.0 Å². The van der Waals surface area contributed by atoms with Crippen LogP contribution in [0.5, 0.6) is 11.6 Å². The van der Waals surface area contributed by atoms with Gasteiger partial charge in [0.05, 0.1) is 36.6 Å². The van der Waals surface area contributed by atoms with Crippen LogP contribution in [-0.4, -0.2) is 61.4 Å². The minimum Gasteiger partial charge on any atom is -0.482 e. The Morgan fingerprint density at radius 1 is 1.29 bits per heavy atom. The molecule has 0 aliphatic carbocycles. The Balaban J connectivity index is 1.14. The SMILES string of the molecule is COc1ccc2ncc(F)c(CCCNCC3CN(c4ccc5c(c4)NC(=O)CO5)C(=O)O3)c2n1. The lowest BCUT2D eigenvalue weighted by molar-refractivity contribution is -0.118. The summed E-state index contributed by atoms with van der Waals surface area (Å²) in [6.45, 7) is 1.40. The van der Waals surface area contributed by atoms with Gasteiger partial charge >= 0.3 is 6.09 Å². The van der Waals surface area contributed by atoms with E-state index >= 15 is 0 Å². The molecule has 1 aromatic carbocycles. The van der Waals surface area contributed by atoms with E-state index in [1.165, 1.54) is 18.2 Å². The predicted molar refractivity (Wildman–Crippen MR) is 125 cm³/mol. The van der Waals surface area contributed by atoms with Crippen molar-refractivity contribution in [3.8, 4) is 11.6 Å². The number of methoxy groups -OCH3 is 1. The van der Waals surface area contributed by atoms with Gasteiger partial charge in [0.1, 0.15) is 17.7 Å². The van der Waals surface area contributed by atoms with E-state index in [1.807, 2.05) is 0 Å². The Morgan fingerprint density at radius 3 is 3.03 bits per heavy atom. The molecule has 5 rings (SSSR count). The van der Waals surface area contributed by atoms with Crippen LogP contribution in [0.15, 0.2) is 36.5 Å². The zero-order valence-corrected chi connectivity index (χ0v) is 19.0. The Hall–Kier alpha value is -3.99. The van der Waals surface area contributed by atoms with Gasteiger partial charge in [0.2, 0.25) is 5.88 Å². The summed E-state index contributed by atoms with van der Waals surface area (Å²) in [5.74, 6) is 0.331. The van der Waals surface area contributed by atoms with E-state index < -0.39 is 11.9 Å². The highest BCUT2D eigenvalue weighted by atomic mass is 19.1. The Labute approximate surface area is 200 Å². The molecule has 1 atom stereocenters. The Bertz CT molecular complexity index is 1290. The van der Waals surface area contributed by atoms with Crippen LogP contribution in [0.2, 0.25) is 0 Å². The van der Waals surface area contributed by atoms with Crippen molar-refractivity contribution in [1.29, 1.82) is 0 Å². The summed E-state index contributed by atoms with van der Waals surface area (Å²) in [6.07, 6.45) is 1.55. The molecular formula is C24H24FN5O5. The van der Waals surface area contributed by atoms with Crippen molar-refractivity contribution in [1.82, 2.24) is 15.3 Å². The second kappa shape index (κ2) is 9.71. The molecule has 10 nitrogen and oxygen atoms in total. The summed E-state index contributed by atoms with van der Waals surface area (Å²) < 4.78 is 30.4. The number of hydrogen-bond donors (Lipinski definition) is 2. The highest BCUT2D eigenvalue weighted by Crippen LogP contribution is 2.33. The van der Waals surface area contributed by atoms with Gasteiger partial charge in [0.25, 0.3) is 5.91 Å². The van der Waals surface area contributed by atoms with Crippen molar-refractivity contribution in [2.45, 2.75) is 18.9 Å². The molecule has 35 heavy (non-hydrogen) atoms. The van der Waals surface area contributed by atoms with Crippen LogP contribution in [-0.2, 0) is 16.0 Å². The molecule has 2 aliphatic rings. The van der Waals surface area contributed by atoms with Crippen LogP contribution in [0.3, 0.4) is 0 Å². The van der Waals surface area contributed by atoms with Gasteiger partial charge in [-0.15, -0.1) is 0 Å². The van der Waals surface area contributed by atoms with Crippen LogP contribution in [0.25, 0.3) is 11.0 Å². The molecule has 3 aromatic rings. The second-order valence-electron chi connectivity index (χ2n) is 8.25. The number of nitrogens with zero attached hydrogens (tertiary/aromatic N) is 3. The van der Waals surface area contributed by atoms with Gasteiger partial charge in [-0.3, -0.25) is 14.7 Å². The van der Waals surface area contributed by atoms with Gasteiger partial charge in [0, 0.05) is 23.9 Å². The zero-order chi connectivity index (χ0) is 24.4. The highest BCUT2D eigenvalue weighted by molar-refractivity contribution is 5.97. The molecule has 1 fully saturated rings. The third-order valence-electron chi connectivity index (χ3n) is 5.88. The molecule has 4 heterocycles. The summed E-state index contributed by atoms with van der Waals surface area (Å²) >= 11 is 0. The highest BCUT2D eigenvalue weighted by Gasteiger charge is 2.32. The molecule has 0 spiro atoms. The van der Waals surface area contributed by atoms with Crippen LogP contribution in [0.1, 0.15) is 12.0 Å². The first-order valence-corrected chi connectivity index (χ1v) is 11.3. The minimum atomic E-state index is -0.454. The van der Waals surface area contributed by atoms with E-state index in [-0.39, 0.29) is 18.6 Å². The average molecular weight is 481 g/mol. The Morgan fingerprint density at radius 2 is 2.17 bits per heavy atom. The molecule has 2 aliphatic heterocycles. The number of hydrogen-bond acceptors (Lipinski definition) is 8. The Kier molecular flexibility index (Phi) is 6.32. The van der Waals surface area contributed by atoms with Gasteiger partial charge in [0.15, 0.2) is 6.61 Å². The van der Waals surface area contributed by atoms with E-state index in [0.717, 1.165) is 0 Å². The van der Waals surface area contributed by atoms with Crippen molar-refractivity contribution in [2.24, 2.45) is 0 Å². The molecule has 0 bridgehead atoms. The lowest BCUT2D eigenvalue weighted by atomic mass is 10.1. The molecule has 11 heteroatoms. The van der Waals surface area contributed by atoms with Gasteiger partial charge in [-0.2, -0.15) is 0 Å². The maximum absolute atomic E-state index is 14.4. The number of cyclic esters (lactones) is 1. The number of benzene rings is 1. The summed E-state index contributed by atoms with van der Waals surface area (Å²) in [5.41, 5.74) is 2.75. The molecule has 2 aromatic heterocycles. The van der Waals surface area contributed by atoms with E-state index in [4.69, 9.17) is 14.2 Å². The quantitative estimate of drug-likeness (QED) is 0.472. The number of fused-ring (bicyclic) bond motifs is 2. The number of carbonyl (C=O) groups excluding carboxylic acids is 2. The number of halogens is 1. The number of nitrogens with one attached hydrogen (secondary N) is 2. The van der Waals surface area contributed by atoms with Crippen molar-refractivity contribution >= 4 is 34.4 Å². The maximum atomic E-state index is 14.4. The lowest BCUT2D eigenvalue weighted by Crippen LogP contribution is -2.31. The number of anilines is 2. The first-order valence-electron chi connectivity index (χ1n) is 11.3. The number of ether oxygens (including phenoxy) is 3. The third kappa shape index (κ3) is 4.80. The second-order valence-corrected chi connectivity index (χ2v) is 8.25. The van der Waals surface area contributed by atoms with Crippen LogP contribution < -0.4 is 25.0 Å². The minimum absolute atomic E-state index is 0.0272. The van der Waals surface area contributed by atoms with Gasteiger partial charge < -0.3 is 24.8 Å². The number of pyridine rings is 2. The number of carbonyl (C=O) groups is 2. The monoisotopic (exact) mass is 481 g/mol. The van der Waals surface area contributed by atoms with Gasteiger partial charge in [-0.25, -0.2) is 14.2 Å². The van der Waals surface area contributed by atoms with E-state index in [2.05, 4.69) is 20.6 Å². The fourth-order valence-electron chi connectivity index (χ4n) is 4.16. The van der Waals surface area contributed by atoms with Crippen LogP contribution in [0.4, 0.5) is 20.6 Å². The summed E-state index contributed by atoms with van der Waals surface area (Å²) in [4.78, 5) is 33.9. The van der Waals surface area contributed by atoms with Crippen molar-refractivity contribution in [3.05, 3.63) is 47.9 Å². The number of rotatable bonds is 8. The molecular weight excluding hydrogens is 457 g/mol. The van der Waals surface area contributed by atoms with E-state index in [0.29, 0.717) is 72.1 Å². The first kappa shape index (κ1) is 22.8. The van der Waals surface area contributed by atoms with E-state index in [1.54, 1.807) is 30.3 Å².